The Balaban J connectivity index is 2.42. The van der Waals surface area contributed by atoms with E-state index < -0.39 is 11.6 Å². The van der Waals surface area contributed by atoms with E-state index in [1.54, 1.807) is 24.3 Å². The van der Waals surface area contributed by atoms with Crippen LogP contribution in [0, 0.1) is 11.6 Å². The van der Waals surface area contributed by atoms with Crippen molar-refractivity contribution >= 4 is 0 Å². The Morgan fingerprint density at radius 2 is 1.65 bits per heavy atom. The van der Waals surface area contributed by atoms with E-state index in [4.69, 9.17) is 10.5 Å². The van der Waals surface area contributed by atoms with Crippen molar-refractivity contribution in [3.8, 4) is 16.9 Å². The van der Waals surface area contributed by atoms with Crippen LogP contribution in [0.1, 0.15) is 24.9 Å². The first-order valence-electron chi connectivity index (χ1n) is 6.45. The Labute approximate surface area is 117 Å². The number of benzene rings is 2. The molecular formula is C16H17F2NO. The van der Waals surface area contributed by atoms with E-state index in [1.165, 1.54) is 19.2 Å². The van der Waals surface area contributed by atoms with Gasteiger partial charge in [0.05, 0.1) is 12.7 Å². The van der Waals surface area contributed by atoms with Crippen molar-refractivity contribution in [2.45, 2.75) is 19.4 Å². The molecule has 0 aliphatic heterocycles. The predicted molar refractivity (Wildman–Crippen MR) is 75.6 cm³/mol. The van der Waals surface area contributed by atoms with Gasteiger partial charge in [-0.1, -0.05) is 31.2 Å². The fourth-order valence-electron chi connectivity index (χ4n) is 2.08. The number of ether oxygens (including phenoxy) is 1. The van der Waals surface area contributed by atoms with Gasteiger partial charge in [-0.2, -0.15) is 0 Å². The highest BCUT2D eigenvalue weighted by molar-refractivity contribution is 5.66. The zero-order valence-electron chi connectivity index (χ0n) is 11.5. The first kappa shape index (κ1) is 14.5. The van der Waals surface area contributed by atoms with E-state index in [0.29, 0.717) is 5.56 Å². The molecule has 0 amide bonds. The zero-order valence-corrected chi connectivity index (χ0v) is 11.5. The van der Waals surface area contributed by atoms with Gasteiger partial charge in [-0.3, -0.25) is 0 Å². The SMILES string of the molecule is CCC(N)c1ccc(-c2c(F)cc(OC)cc2F)cc1. The van der Waals surface area contributed by atoms with E-state index in [-0.39, 0.29) is 17.4 Å². The van der Waals surface area contributed by atoms with Crippen LogP contribution in [0.15, 0.2) is 36.4 Å². The van der Waals surface area contributed by atoms with Gasteiger partial charge in [-0.15, -0.1) is 0 Å². The molecule has 2 nitrogen and oxygen atoms in total. The first-order chi connectivity index (χ1) is 9.56. The number of hydrogen-bond donors (Lipinski definition) is 1. The third kappa shape index (κ3) is 2.80. The maximum Gasteiger partial charge on any atom is 0.137 e. The molecule has 2 N–H and O–H groups in total. The molecule has 1 unspecified atom stereocenters. The van der Waals surface area contributed by atoms with Crippen molar-refractivity contribution in [3.63, 3.8) is 0 Å². The third-order valence-electron chi connectivity index (χ3n) is 3.32. The molecule has 2 aromatic rings. The molecule has 2 rings (SSSR count). The average Bonchev–Trinajstić information content (AvgIpc) is 2.46. The highest BCUT2D eigenvalue weighted by atomic mass is 19.1. The summed E-state index contributed by atoms with van der Waals surface area (Å²) in [4.78, 5) is 0. The van der Waals surface area contributed by atoms with Crippen molar-refractivity contribution in [3.05, 3.63) is 53.6 Å². The highest BCUT2D eigenvalue weighted by Crippen LogP contribution is 2.30. The quantitative estimate of drug-likeness (QED) is 0.915. The number of methoxy groups -OCH3 is 1. The fraction of sp³-hybridized carbons (Fsp3) is 0.250. The van der Waals surface area contributed by atoms with E-state index >= 15 is 0 Å². The maximum absolute atomic E-state index is 14.0. The lowest BCUT2D eigenvalue weighted by Gasteiger charge is -2.11. The van der Waals surface area contributed by atoms with E-state index in [0.717, 1.165) is 12.0 Å². The molecule has 0 aliphatic rings. The highest BCUT2D eigenvalue weighted by Gasteiger charge is 2.14. The summed E-state index contributed by atoms with van der Waals surface area (Å²) in [5, 5.41) is 0. The summed E-state index contributed by atoms with van der Waals surface area (Å²) in [5.74, 6) is -1.13. The summed E-state index contributed by atoms with van der Waals surface area (Å²) in [6.45, 7) is 1.99. The minimum atomic E-state index is -0.644. The Hall–Kier alpha value is -1.94. The molecule has 0 saturated heterocycles. The lowest BCUT2D eigenvalue weighted by Crippen LogP contribution is -2.08. The summed E-state index contributed by atoms with van der Waals surface area (Å²) in [6.07, 6.45) is 0.810. The molecule has 2 aromatic carbocycles. The van der Waals surface area contributed by atoms with Gasteiger partial charge >= 0.3 is 0 Å². The van der Waals surface area contributed by atoms with Gasteiger partial charge in [0.15, 0.2) is 0 Å². The van der Waals surface area contributed by atoms with Crippen molar-refractivity contribution in [1.82, 2.24) is 0 Å². The molecule has 0 saturated carbocycles. The Kier molecular flexibility index (Phi) is 4.35. The Morgan fingerprint density at radius 3 is 2.10 bits per heavy atom. The molecule has 0 bridgehead atoms. The summed E-state index contributed by atoms with van der Waals surface area (Å²) < 4.78 is 32.8. The van der Waals surface area contributed by atoms with Crippen LogP contribution >= 0.6 is 0 Å². The van der Waals surface area contributed by atoms with E-state index in [1.807, 2.05) is 6.92 Å². The van der Waals surface area contributed by atoms with Crippen LogP contribution in [0.2, 0.25) is 0 Å². The molecule has 0 spiro atoms. The number of hydrogen-bond acceptors (Lipinski definition) is 2. The van der Waals surface area contributed by atoms with Crippen LogP contribution in [0.4, 0.5) is 8.78 Å². The molecule has 0 radical (unpaired) electrons. The third-order valence-corrected chi connectivity index (χ3v) is 3.32. The van der Waals surface area contributed by atoms with Crippen LogP contribution < -0.4 is 10.5 Å². The van der Waals surface area contributed by atoms with Crippen LogP contribution in [0.3, 0.4) is 0 Å². The van der Waals surface area contributed by atoms with Crippen LogP contribution in [0.5, 0.6) is 5.75 Å². The van der Waals surface area contributed by atoms with E-state index in [9.17, 15) is 8.78 Å². The second-order valence-corrected chi connectivity index (χ2v) is 4.60. The molecule has 0 fully saturated rings. The summed E-state index contributed by atoms with van der Waals surface area (Å²) in [5.41, 5.74) is 7.29. The molecule has 20 heavy (non-hydrogen) atoms. The van der Waals surface area contributed by atoms with Gasteiger partial charge in [-0.25, -0.2) is 8.78 Å². The van der Waals surface area contributed by atoms with Gasteiger partial charge in [0.2, 0.25) is 0 Å². The first-order valence-corrected chi connectivity index (χ1v) is 6.45. The maximum atomic E-state index is 14.0. The number of halogens is 2. The smallest absolute Gasteiger partial charge is 0.137 e. The zero-order chi connectivity index (χ0) is 14.7. The standard InChI is InChI=1S/C16H17F2NO/c1-3-15(19)10-4-6-11(7-5-10)16-13(17)8-12(20-2)9-14(16)18/h4-9,15H,3,19H2,1-2H3. The van der Waals surface area contributed by atoms with Gasteiger partial charge in [0.1, 0.15) is 17.4 Å². The fourth-order valence-corrected chi connectivity index (χ4v) is 2.08. The van der Waals surface area contributed by atoms with Crippen LogP contribution in [0.25, 0.3) is 11.1 Å². The lowest BCUT2D eigenvalue weighted by molar-refractivity contribution is 0.407. The summed E-state index contributed by atoms with van der Waals surface area (Å²) in [7, 11) is 1.37. The van der Waals surface area contributed by atoms with Gasteiger partial charge in [0, 0.05) is 18.2 Å². The Bertz CT molecular complexity index is 573. The van der Waals surface area contributed by atoms with Crippen molar-refractivity contribution in [2.24, 2.45) is 5.73 Å². The molecule has 0 heterocycles. The molecule has 0 aromatic heterocycles. The Morgan fingerprint density at radius 1 is 1.10 bits per heavy atom. The minimum absolute atomic E-state index is 0.0533. The number of rotatable bonds is 4. The van der Waals surface area contributed by atoms with Crippen LogP contribution in [-0.4, -0.2) is 7.11 Å². The predicted octanol–water partition coefficient (Wildman–Crippen LogP) is 4.05. The van der Waals surface area contributed by atoms with E-state index in [2.05, 4.69) is 0 Å². The second-order valence-electron chi connectivity index (χ2n) is 4.60. The van der Waals surface area contributed by atoms with Gasteiger partial charge in [0.25, 0.3) is 0 Å². The second kappa shape index (κ2) is 6.01. The summed E-state index contributed by atoms with van der Waals surface area (Å²) in [6, 6.07) is 9.24. The minimum Gasteiger partial charge on any atom is -0.497 e. The molecule has 106 valence electrons. The monoisotopic (exact) mass is 277 g/mol. The van der Waals surface area contributed by atoms with Gasteiger partial charge in [-0.05, 0) is 17.5 Å². The topological polar surface area (TPSA) is 35.2 Å². The normalized spacial score (nSPS) is 12.2. The molecule has 1 atom stereocenters. The lowest BCUT2D eigenvalue weighted by atomic mass is 9.99. The van der Waals surface area contributed by atoms with Crippen molar-refractivity contribution < 1.29 is 13.5 Å². The largest absolute Gasteiger partial charge is 0.497 e. The number of nitrogens with two attached hydrogens (primary N) is 1. The van der Waals surface area contributed by atoms with Crippen LogP contribution in [-0.2, 0) is 0 Å². The molecule has 4 heteroatoms. The average molecular weight is 277 g/mol. The summed E-state index contributed by atoms with van der Waals surface area (Å²) >= 11 is 0. The van der Waals surface area contributed by atoms with Gasteiger partial charge < -0.3 is 10.5 Å². The molecule has 0 aliphatic carbocycles. The van der Waals surface area contributed by atoms with Crippen molar-refractivity contribution in [1.29, 1.82) is 0 Å². The molecular weight excluding hydrogens is 260 g/mol. The van der Waals surface area contributed by atoms with Crippen molar-refractivity contribution in [2.75, 3.05) is 7.11 Å².